The topological polar surface area (TPSA) is 61.4 Å². The molecule has 0 saturated heterocycles. The van der Waals surface area contributed by atoms with E-state index in [1.165, 1.54) is 0 Å². The van der Waals surface area contributed by atoms with Crippen LogP contribution in [-0.4, -0.2) is 42.4 Å². The highest BCUT2D eigenvalue weighted by atomic mass is 35.5. The van der Waals surface area contributed by atoms with Gasteiger partial charge in [-0.1, -0.05) is 17.7 Å². The molecule has 0 aliphatic carbocycles. The number of likely N-dealkylation sites (N-methyl/N-ethyl adjacent to an activating group) is 1. The first-order valence-corrected chi connectivity index (χ1v) is 7.43. The van der Waals surface area contributed by atoms with E-state index in [9.17, 15) is 9.59 Å². The summed E-state index contributed by atoms with van der Waals surface area (Å²) < 4.78 is 0. The normalized spacial score (nSPS) is 11.8. The summed E-state index contributed by atoms with van der Waals surface area (Å²) in [6.07, 6.45) is 0. The standard InChI is InChI=1S/C15H22ClN3O2/c1-4-19(5-2)15(21)11(3)17-10-14(20)18-13-8-6-7-12(16)9-13/h6-9,11,17H,4-5,10H2,1-3H3,(H,18,20). The van der Waals surface area contributed by atoms with Crippen LogP contribution in [0.2, 0.25) is 5.02 Å². The Morgan fingerprint density at radius 1 is 1.29 bits per heavy atom. The van der Waals surface area contributed by atoms with Crippen LogP contribution in [0.4, 0.5) is 5.69 Å². The summed E-state index contributed by atoms with van der Waals surface area (Å²) in [5.74, 6) is -0.216. The van der Waals surface area contributed by atoms with Crippen LogP contribution in [0.3, 0.4) is 0 Å². The van der Waals surface area contributed by atoms with Gasteiger partial charge in [0.1, 0.15) is 0 Å². The van der Waals surface area contributed by atoms with Crippen LogP contribution >= 0.6 is 11.6 Å². The summed E-state index contributed by atoms with van der Waals surface area (Å²) >= 11 is 5.85. The van der Waals surface area contributed by atoms with Gasteiger partial charge in [-0.25, -0.2) is 0 Å². The lowest BCUT2D eigenvalue weighted by atomic mass is 10.2. The number of carbonyl (C=O) groups is 2. The highest BCUT2D eigenvalue weighted by Crippen LogP contribution is 2.14. The fraction of sp³-hybridized carbons (Fsp3) is 0.467. The molecule has 2 amide bonds. The minimum Gasteiger partial charge on any atom is -0.342 e. The average Bonchev–Trinajstić information content (AvgIpc) is 2.46. The predicted molar refractivity (Wildman–Crippen MR) is 85.5 cm³/mol. The molecular formula is C15H22ClN3O2. The van der Waals surface area contributed by atoms with Gasteiger partial charge in [0.05, 0.1) is 12.6 Å². The second-order valence-electron chi connectivity index (χ2n) is 4.67. The molecule has 0 aliphatic rings. The van der Waals surface area contributed by atoms with Crippen LogP contribution in [0.25, 0.3) is 0 Å². The number of halogens is 1. The van der Waals surface area contributed by atoms with Crippen LogP contribution in [0.15, 0.2) is 24.3 Å². The molecule has 1 rings (SSSR count). The summed E-state index contributed by atoms with van der Waals surface area (Å²) in [6.45, 7) is 7.01. The molecule has 21 heavy (non-hydrogen) atoms. The lowest BCUT2D eigenvalue weighted by Crippen LogP contribution is -2.46. The van der Waals surface area contributed by atoms with Crippen molar-refractivity contribution in [1.82, 2.24) is 10.2 Å². The van der Waals surface area contributed by atoms with E-state index >= 15 is 0 Å². The molecule has 1 aromatic carbocycles. The van der Waals surface area contributed by atoms with Crippen molar-refractivity contribution in [1.29, 1.82) is 0 Å². The highest BCUT2D eigenvalue weighted by Gasteiger charge is 2.18. The molecular weight excluding hydrogens is 290 g/mol. The Labute approximate surface area is 130 Å². The summed E-state index contributed by atoms with van der Waals surface area (Å²) in [4.78, 5) is 25.6. The molecule has 116 valence electrons. The van der Waals surface area contributed by atoms with Gasteiger partial charge in [-0.2, -0.15) is 0 Å². The SMILES string of the molecule is CCN(CC)C(=O)C(C)NCC(=O)Nc1cccc(Cl)c1. The molecule has 0 bridgehead atoms. The Kier molecular flexibility index (Phi) is 7.19. The zero-order chi connectivity index (χ0) is 15.8. The van der Waals surface area contributed by atoms with E-state index in [-0.39, 0.29) is 18.4 Å². The number of carbonyl (C=O) groups excluding carboxylic acids is 2. The van der Waals surface area contributed by atoms with Gasteiger partial charge in [0, 0.05) is 23.8 Å². The van der Waals surface area contributed by atoms with Crippen molar-refractivity contribution in [3.05, 3.63) is 29.3 Å². The molecule has 5 nitrogen and oxygen atoms in total. The molecule has 0 aliphatic heterocycles. The third-order valence-corrected chi connectivity index (χ3v) is 3.36. The lowest BCUT2D eigenvalue weighted by Gasteiger charge is -2.23. The number of hydrogen-bond acceptors (Lipinski definition) is 3. The van der Waals surface area contributed by atoms with Gasteiger partial charge in [0.2, 0.25) is 11.8 Å². The van der Waals surface area contributed by atoms with Gasteiger partial charge in [0.15, 0.2) is 0 Å². The number of rotatable bonds is 7. The van der Waals surface area contributed by atoms with E-state index in [0.717, 1.165) is 0 Å². The van der Waals surface area contributed by atoms with E-state index < -0.39 is 6.04 Å². The minimum atomic E-state index is -0.394. The molecule has 0 radical (unpaired) electrons. The molecule has 0 fully saturated rings. The van der Waals surface area contributed by atoms with Gasteiger partial charge in [-0.3, -0.25) is 14.9 Å². The first-order chi connectivity index (χ1) is 9.97. The molecule has 0 aromatic heterocycles. The number of amides is 2. The Hall–Kier alpha value is -1.59. The van der Waals surface area contributed by atoms with Crippen molar-refractivity contribution in [3.63, 3.8) is 0 Å². The van der Waals surface area contributed by atoms with E-state index in [1.54, 1.807) is 36.1 Å². The van der Waals surface area contributed by atoms with Crippen molar-refractivity contribution in [2.24, 2.45) is 0 Å². The monoisotopic (exact) mass is 311 g/mol. The first-order valence-electron chi connectivity index (χ1n) is 7.05. The fourth-order valence-electron chi connectivity index (χ4n) is 1.91. The number of nitrogens with zero attached hydrogens (tertiary/aromatic N) is 1. The van der Waals surface area contributed by atoms with Crippen molar-refractivity contribution in [2.75, 3.05) is 25.0 Å². The van der Waals surface area contributed by atoms with Crippen molar-refractivity contribution in [2.45, 2.75) is 26.8 Å². The second kappa shape index (κ2) is 8.64. The third-order valence-electron chi connectivity index (χ3n) is 3.12. The van der Waals surface area contributed by atoms with E-state index in [0.29, 0.717) is 23.8 Å². The highest BCUT2D eigenvalue weighted by molar-refractivity contribution is 6.30. The number of benzene rings is 1. The summed E-state index contributed by atoms with van der Waals surface area (Å²) in [5, 5.41) is 6.21. The van der Waals surface area contributed by atoms with Crippen LogP contribution in [0, 0.1) is 0 Å². The molecule has 0 spiro atoms. The molecule has 6 heteroatoms. The van der Waals surface area contributed by atoms with Crippen LogP contribution < -0.4 is 10.6 Å². The quantitative estimate of drug-likeness (QED) is 0.811. The van der Waals surface area contributed by atoms with Crippen molar-refractivity contribution >= 4 is 29.1 Å². The van der Waals surface area contributed by atoms with E-state index in [1.807, 2.05) is 13.8 Å². The Morgan fingerprint density at radius 2 is 1.95 bits per heavy atom. The molecule has 1 atom stereocenters. The van der Waals surface area contributed by atoms with E-state index in [4.69, 9.17) is 11.6 Å². The molecule has 1 aromatic rings. The smallest absolute Gasteiger partial charge is 0.239 e. The number of nitrogens with one attached hydrogen (secondary N) is 2. The lowest BCUT2D eigenvalue weighted by molar-refractivity contribution is -0.132. The predicted octanol–water partition coefficient (Wildman–Crippen LogP) is 2.12. The number of anilines is 1. The molecule has 0 heterocycles. The first kappa shape index (κ1) is 17.5. The summed E-state index contributed by atoms with van der Waals surface area (Å²) in [7, 11) is 0. The van der Waals surface area contributed by atoms with E-state index in [2.05, 4.69) is 10.6 Å². The third kappa shape index (κ3) is 5.73. The maximum absolute atomic E-state index is 12.0. The van der Waals surface area contributed by atoms with Crippen molar-refractivity contribution < 1.29 is 9.59 Å². The number of hydrogen-bond donors (Lipinski definition) is 2. The summed E-state index contributed by atoms with van der Waals surface area (Å²) in [5.41, 5.74) is 0.636. The zero-order valence-corrected chi connectivity index (χ0v) is 13.4. The second-order valence-corrected chi connectivity index (χ2v) is 5.11. The summed E-state index contributed by atoms with van der Waals surface area (Å²) in [6, 6.07) is 6.53. The largest absolute Gasteiger partial charge is 0.342 e. The minimum absolute atomic E-state index is 0.00412. The molecule has 0 saturated carbocycles. The van der Waals surface area contributed by atoms with Gasteiger partial charge >= 0.3 is 0 Å². The molecule has 1 unspecified atom stereocenters. The van der Waals surface area contributed by atoms with Gasteiger partial charge in [0.25, 0.3) is 0 Å². The van der Waals surface area contributed by atoms with Gasteiger partial charge < -0.3 is 10.2 Å². The Bertz CT molecular complexity index is 490. The van der Waals surface area contributed by atoms with Crippen LogP contribution in [0.1, 0.15) is 20.8 Å². The molecule has 2 N–H and O–H groups in total. The maximum atomic E-state index is 12.0. The van der Waals surface area contributed by atoms with Crippen LogP contribution in [0.5, 0.6) is 0 Å². The Morgan fingerprint density at radius 3 is 2.52 bits per heavy atom. The van der Waals surface area contributed by atoms with Crippen LogP contribution in [-0.2, 0) is 9.59 Å². The van der Waals surface area contributed by atoms with Gasteiger partial charge in [-0.05, 0) is 39.0 Å². The Balaban J connectivity index is 2.44. The van der Waals surface area contributed by atoms with Crippen molar-refractivity contribution in [3.8, 4) is 0 Å². The zero-order valence-electron chi connectivity index (χ0n) is 12.6. The maximum Gasteiger partial charge on any atom is 0.239 e. The average molecular weight is 312 g/mol. The van der Waals surface area contributed by atoms with Gasteiger partial charge in [-0.15, -0.1) is 0 Å². The fourth-order valence-corrected chi connectivity index (χ4v) is 2.10.